The van der Waals surface area contributed by atoms with Gasteiger partial charge in [-0.3, -0.25) is 14.4 Å². The molecule has 0 spiro atoms. The van der Waals surface area contributed by atoms with E-state index in [9.17, 15) is 34.5 Å². The molecule has 0 aromatic carbocycles. The van der Waals surface area contributed by atoms with Gasteiger partial charge in [0.2, 0.25) is 0 Å². The molecule has 12 heteroatoms. The molecule has 0 amide bonds. The number of ether oxygens (including phenoxy) is 5. The van der Waals surface area contributed by atoms with Crippen LogP contribution in [0.15, 0.2) is 36.5 Å². The van der Waals surface area contributed by atoms with Crippen molar-refractivity contribution in [2.24, 2.45) is 0 Å². The molecule has 1 aliphatic rings. The van der Waals surface area contributed by atoms with Crippen LogP contribution in [-0.4, -0.2) is 89.2 Å². The first-order valence-electron chi connectivity index (χ1n) is 27.0. The van der Waals surface area contributed by atoms with E-state index in [0.29, 0.717) is 19.3 Å². The first-order valence-corrected chi connectivity index (χ1v) is 27.0. The van der Waals surface area contributed by atoms with Gasteiger partial charge >= 0.3 is 23.9 Å². The molecule has 0 aromatic rings. The Kier molecular flexibility index (Phi) is 40.8. The molecule has 0 bridgehead atoms. The van der Waals surface area contributed by atoms with Crippen LogP contribution in [0.5, 0.6) is 0 Å². The van der Waals surface area contributed by atoms with Gasteiger partial charge in [-0.25, -0.2) is 4.79 Å². The number of hydrogen-bond acceptors (Lipinski definition) is 11. The van der Waals surface area contributed by atoms with Crippen LogP contribution in [0.3, 0.4) is 0 Å². The summed E-state index contributed by atoms with van der Waals surface area (Å²) in [5.74, 6) is -3.14. The van der Waals surface area contributed by atoms with Gasteiger partial charge < -0.3 is 39.0 Å². The average molecular weight is 949 g/mol. The molecule has 1 saturated heterocycles. The summed E-state index contributed by atoms with van der Waals surface area (Å²) < 4.78 is 28.3. The molecule has 12 nitrogen and oxygen atoms in total. The fourth-order valence-corrected chi connectivity index (χ4v) is 7.99. The Labute approximate surface area is 406 Å². The molecular formula is C55H96O12. The van der Waals surface area contributed by atoms with E-state index in [0.717, 1.165) is 109 Å². The summed E-state index contributed by atoms with van der Waals surface area (Å²) >= 11 is 0. The summed E-state index contributed by atoms with van der Waals surface area (Å²) in [5.41, 5.74) is 0. The Morgan fingerprint density at radius 2 is 0.925 bits per heavy atom. The summed E-state index contributed by atoms with van der Waals surface area (Å²) in [4.78, 5) is 50.8. The second-order valence-corrected chi connectivity index (χ2v) is 18.5. The number of carboxylic acid groups (broad SMARTS) is 1. The molecule has 0 aromatic heterocycles. The highest BCUT2D eigenvalue weighted by molar-refractivity contribution is 5.74. The van der Waals surface area contributed by atoms with Gasteiger partial charge in [-0.15, -0.1) is 0 Å². The fourth-order valence-electron chi connectivity index (χ4n) is 7.99. The van der Waals surface area contributed by atoms with Crippen molar-refractivity contribution in [2.75, 3.05) is 13.2 Å². The van der Waals surface area contributed by atoms with E-state index in [2.05, 4.69) is 57.2 Å². The lowest BCUT2D eigenvalue weighted by atomic mass is 9.98. The third-order valence-electron chi connectivity index (χ3n) is 12.2. The normalized spacial score (nSPS) is 19.1. The standard InChI is InChI=1S/C55H96O12/c1-4-7-10-13-16-19-22-24-27-29-32-35-38-41-47(56)63-44-46(65-48(57)42-39-36-33-30-26-21-18-15-12-9-6-3)45-64-55-53(51(60)50(59)52(67-55)54(61)62)66-49(58)43-40-37-34-31-28-25-23-20-17-14-11-8-5-2/h10,13,19-20,22-23,46,50-53,55,59-60H,4-9,11-12,14-18,21,24-45H2,1-3H3,(H,61,62)/b13-10-,22-19-,23-20-. The van der Waals surface area contributed by atoms with Crippen LogP contribution in [0.1, 0.15) is 239 Å². The minimum atomic E-state index is -1.90. The van der Waals surface area contributed by atoms with Gasteiger partial charge in [-0.05, 0) is 70.6 Å². The number of esters is 3. The summed E-state index contributed by atoms with van der Waals surface area (Å²) in [5, 5.41) is 31.3. The van der Waals surface area contributed by atoms with Crippen LogP contribution in [-0.2, 0) is 42.9 Å². The lowest BCUT2D eigenvalue weighted by Crippen LogP contribution is -2.61. The van der Waals surface area contributed by atoms with Crippen LogP contribution in [0.25, 0.3) is 0 Å². The molecule has 67 heavy (non-hydrogen) atoms. The quantitative estimate of drug-likeness (QED) is 0.0228. The van der Waals surface area contributed by atoms with E-state index in [1.165, 1.54) is 70.6 Å². The van der Waals surface area contributed by atoms with Gasteiger partial charge in [0, 0.05) is 19.3 Å². The molecular weight excluding hydrogens is 853 g/mol. The van der Waals surface area contributed by atoms with Gasteiger partial charge in [0.1, 0.15) is 18.8 Å². The second-order valence-electron chi connectivity index (χ2n) is 18.5. The van der Waals surface area contributed by atoms with Gasteiger partial charge in [-0.1, -0.05) is 186 Å². The Hall–Kier alpha value is -3.06. The van der Waals surface area contributed by atoms with Crippen molar-refractivity contribution < 1.29 is 58.2 Å². The maximum absolute atomic E-state index is 13.1. The van der Waals surface area contributed by atoms with Crippen molar-refractivity contribution in [1.82, 2.24) is 0 Å². The van der Waals surface area contributed by atoms with Crippen molar-refractivity contribution >= 4 is 23.9 Å². The second kappa shape index (κ2) is 44.2. The van der Waals surface area contributed by atoms with Crippen molar-refractivity contribution in [3.05, 3.63) is 36.5 Å². The van der Waals surface area contributed by atoms with Crippen LogP contribution < -0.4 is 0 Å². The number of aliphatic hydroxyl groups is 2. The Morgan fingerprint density at radius 3 is 1.43 bits per heavy atom. The van der Waals surface area contributed by atoms with Gasteiger partial charge in [0.05, 0.1) is 6.61 Å². The molecule has 0 saturated carbocycles. The van der Waals surface area contributed by atoms with Crippen molar-refractivity contribution in [3.63, 3.8) is 0 Å². The first-order chi connectivity index (χ1) is 32.6. The number of allylic oxidation sites excluding steroid dienone is 6. The lowest BCUT2D eigenvalue weighted by Gasteiger charge is -2.40. The number of aliphatic hydroxyl groups excluding tert-OH is 2. The number of aliphatic carboxylic acids is 1. The summed E-state index contributed by atoms with van der Waals surface area (Å²) in [6.07, 6.45) is 37.0. The van der Waals surface area contributed by atoms with E-state index in [4.69, 9.17) is 23.7 Å². The molecule has 1 rings (SSSR count). The maximum Gasteiger partial charge on any atom is 0.335 e. The summed E-state index contributed by atoms with van der Waals surface area (Å²) in [6.45, 7) is 5.87. The fraction of sp³-hybridized carbons (Fsp3) is 0.818. The lowest BCUT2D eigenvalue weighted by molar-refractivity contribution is -0.301. The SMILES string of the molecule is CCC/C=C\C/C=C\CCCCCCCC(=O)OCC(COC1OC(C(=O)O)C(O)C(O)C1OC(=O)CCCCCCC/C=C\CCCCCC)OC(=O)CCCCCCCCCCCCC. The van der Waals surface area contributed by atoms with Gasteiger partial charge in [0.15, 0.2) is 24.6 Å². The molecule has 6 unspecified atom stereocenters. The number of unbranched alkanes of at least 4 members (excludes halogenated alkanes) is 25. The van der Waals surface area contributed by atoms with Gasteiger partial charge in [-0.2, -0.15) is 0 Å². The zero-order chi connectivity index (χ0) is 49.0. The van der Waals surface area contributed by atoms with E-state index in [1.54, 1.807) is 0 Å². The molecule has 3 N–H and O–H groups in total. The average Bonchev–Trinajstić information content (AvgIpc) is 3.31. The topological polar surface area (TPSA) is 175 Å². The Balaban J connectivity index is 2.73. The largest absolute Gasteiger partial charge is 0.479 e. The highest BCUT2D eigenvalue weighted by atomic mass is 16.7. The van der Waals surface area contributed by atoms with Crippen LogP contribution in [0.4, 0.5) is 0 Å². The Bertz CT molecular complexity index is 1310. The molecule has 1 fully saturated rings. The zero-order valence-electron chi connectivity index (χ0n) is 42.4. The predicted octanol–water partition coefficient (Wildman–Crippen LogP) is 12.9. The van der Waals surface area contributed by atoms with E-state index >= 15 is 0 Å². The maximum atomic E-state index is 13.1. The van der Waals surface area contributed by atoms with E-state index < -0.39 is 67.3 Å². The first kappa shape index (κ1) is 62.0. The molecule has 1 aliphatic heterocycles. The smallest absolute Gasteiger partial charge is 0.335 e. The predicted molar refractivity (Wildman–Crippen MR) is 266 cm³/mol. The highest BCUT2D eigenvalue weighted by Gasteiger charge is 2.50. The molecule has 388 valence electrons. The minimum absolute atomic E-state index is 0.0515. The summed E-state index contributed by atoms with van der Waals surface area (Å²) in [6, 6.07) is 0. The minimum Gasteiger partial charge on any atom is -0.479 e. The Morgan fingerprint density at radius 1 is 0.493 bits per heavy atom. The van der Waals surface area contributed by atoms with Crippen LogP contribution in [0.2, 0.25) is 0 Å². The molecule has 0 aliphatic carbocycles. The van der Waals surface area contributed by atoms with Gasteiger partial charge in [0.25, 0.3) is 0 Å². The number of carbonyl (C=O) groups excluding carboxylic acids is 3. The van der Waals surface area contributed by atoms with Crippen LogP contribution >= 0.6 is 0 Å². The molecule has 1 heterocycles. The van der Waals surface area contributed by atoms with E-state index in [1.807, 2.05) is 0 Å². The monoisotopic (exact) mass is 949 g/mol. The number of carbonyl (C=O) groups is 4. The van der Waals surface area contributed by atoms with Crippen molar-refractivity contribution in [3.8, 4) is 0 Å². The zero-order valence-corrected chi connectivity index (χ0v) is 42.4. The van der Waals surface area contributed by atoms with Crippen molar-refractivity contribution in [1.29, 1.82) is 0 Å². The molecule has 6 atom stereocenters. The number of hydrogen-bond donors (Lipinski definition) is 3. The number of rotatable bonds is 45. The number of carboxylic acids is 1. The van der Waals surface area contributed by atoms with Crippen molar-refractivity contribution in [2.45, 2.75) is 276 Å². The van der Waals surface area contributed by atoms with E-state index in [-0.39, 0.29) is 25.9 Å². The summed E-state index contributed by atoms with van der Waals surface area (Å²) in [7, 11) is 0. The highest BCUT2D eigenvalue weighted by Crippen LogP contribution is 2.26. The molecule has 0 radical (unpaired) electrons. The third kappa shape index (κ3) is 34.8. The third-order valence-corrected chi connectivity index (χ3v) is 12.2. The van der Waals surface area contributed by atoms with Crippen LogP contribution in [0, 0.1) is 0 Å².